The number of aliphatic hydroxyl groups excluding tert-OH is 1. The summed E-state index contributed by atoms with van der Waals surface area (Å²) in [7, 11) is 0. The molecule has 0 heterocycles. The van der Waals surface area contributed by atoms with Crippen LogP contribution < -0.4 is 16.0 Å². The van der Waals surface area contributed by atoms with Crippen LogP contribution in [-0.4, -0.2) is 42.7 Å². The number of carbonyl (C=O) groups excluding carboxylic acids is 2. The van der Waals surface area contributed by atoms with Crippen molar-refractivity contribution in [2.24, 2.45) is 0 Å². The van der Waals surface area contributed by atoms with Gasteiger partial charge < -0.3 is 21.1 Å². The molecule has 38 heavy (non-hydrogen) atoms. The highest BCUT2D eigenvalue weighted by atomic mass is 19.4. The van der Waals surface area contributed by atoms with E-state index in [0.717, 1.165) is 29.3 Å². The molecule has 0 saturated carbocycles. The molecule has 0 aliphatic heterocycles. The summed E-state index contributed by atoms with van der Waals surface area (Å²) in [5.74, 6) is -1.69. The minimum Gasteiger partial charge on any atom is -0.391 e. The van der Waals surface area contributed by atoms with Gasteiger partial charge in [0, 0.05) is 31.1 Å². The molecule has 2 atom stereocenters. The number of amides is 2. The summed E-state index contributed by atoms with van der Waals surface area (Å²) >= 11 is 0. The van der Waals surface area contributed by atoms with Crippen LogP contribution in [0.4, 0.5) is 13.2 Å². The number of hydrogen-bond donors (Lipinski definition) is 4. The predicted molar refractivity (Wildman–Crippen MR) is 140 cm³/mol. The minimum atomic E-state index is -4.58. The normalized spacial score (nSPS) is 13.0. The third-order valence-corrected chi connectivity index (χ3v) is 6.24. The smallest absolute Gasteiger partial charge is 0.391 e. The summed E-state index contributed by atoms with van der Waals surface area (Å²) in [6.45, 7) is 4.66. The molecular weight excluding hydrogens is 495 g/mol. The van der Waals surface area contributed by atoms with Crippen LogP contribution in [-0.2, 0) is 17.5 Å². The summed E-state index contributed by atoms with van der Waals surface area (Å²) < 4.78 is 38.6. The lowest BCUT2D eigenvalue weighted by Crippen LogP contribution is -2.42. The number of nitrogens with one attached hydrogen (secondary N) is 3. The van der Waals surface area contributed by atoms with E-state index in [2.05, 4.69) is 41.1 Å². The van der Waals surface area contributed by atoms with Crippen LogP contribution in [0.15, 0.2) is 72.8 Å². The van der Waals surface area contributed by atoms with Gasteiger partial charge in [-0.25, -0.2) is 0 Å². The summed E-state index contributed by atoms with van der Waals surface area (Å²) in [5.41, 5.74) is 3.27. The molecule has 2 amide bonds. The molecule has 0 bridgehead atoms. The Balaban J connectivity index is 1.53. The van der Waals surface area contributed by atoms with Crippen molar-refractivity contribution in [3.63, 3.8) is 0 Å². The molecule has 6 nitrogen and oxygen atoms in total. The van der Waals surface area contributed by atoms with E-state index in [0.29, 0.717) is 13.1 Å². The van der Waals surface area contributed by atoms with E-state index in [9.17, 15) is 27.9 Å². The standard InChI is InChI=1S/C29H32F3N3O3/c1-19-11-12-23(20(2)13-19)15-33-16-25(21-7-4-3-5-8-21)26(36)17-34-27(37)18-35-28(38)22-9-6-10-24(14-22)29(30,31)32/h3-14,25-26,33,36H,15-18H2,1-2H3,(H,34,37)(H,35,38). The molecule has 0 saturated heterocycles. The number of alkyl halides is 3. The van der Waals surface area contributed by atoms with Gasteiger partial charge in [0.05, 0.1) is 18.2 Å². The van der Waals surface area contributed by atoms with Crippen molar-refractivity contribution in [2.75, 3.05) is 19.6 Å². The van der Waals surface area contributed by atoms with Crippen LogP contribution in [0.1, 0.15) is 44.1 Å². The van der Waals surface area contributed by atoms with Gasteiger partial charge in [0.25, 0.3) is 5.91 Å². The van der Waals surface area contributed by atoms with Gasteiger partial charge in [-0.3, -0.25) is 9.59 Å². The molecule has 3 aromatic rings. The predicted octanol–water partition coefficient (Wildman–Crippen LogP) is 4.10. The van der Waals surface area contributed by atoms with Crippen LogP contribution in [0.3, 0.4) is 0 Å². The first-order chi connectivity index (χ1) is 18.0. The van der Waals surface area contributed by atoms with Crippen molar-refractivity contribution < 1.29 is 27.9 Å². The molecule has 0 aliphatic carbocycles. The molecule has 3 rings (SSSR count). The lowest BCUT2D eigenvalue weighted by Gasteiger charge is -2.24. The first kappa shape index (κ1) is 28.9. The Bertz CT molecular complexity index is 1230. The Morgan fingerprint density at radius 3 is 2.32 bits per heavy atom. The van der Waals surface area contributed by atoms with Crippen LogP contribution in [0, 0.1) is 13.8 Å². The Morgan fingerprint density at radius 1 is 0.895 bits per heavy atom. The summed E-state index contributed by atoms with van der Waals surface area (Å²) in [4.78, 5) is 24.5. The number of aryl methyl sites for hydroxylation is 2. The Labute approximate surface area is 220 Å². The maximum atomic E-state index is 12.9. The van der Waals surface area contributed by atoms with E-state index in [1.165, 1.54) is 17.2 Å². The van der Waals surface area contributed by atoms with Gasteiger partial charge in [-0.1, -0.05) is 60.2 Å². The van der Waals surface area contributed by atoms with E-state index in [1.54, 1.807) is 0 Å². The maximum absolute atomic E-state index is 12.9. The highest BCUT2D eigenvalue weighted by molar-refractivity contribution is 5.96. The molecule has 9 heteroatoms. The number of rotatable bonds is 11. The first-order valence-electron chi connectivity index (χ1n) is 12.3. The SMILES string of the molecule is Cc1ccc(CNCC(c2ccccc2)C(O)CNC(=O)CNC(=O)c2cccc(C(F)(F)F)c2)c(C)c1. The fraction of sp³-hybridized carbons (Fsp3) is 0.310. The second-order valence-electron chi connectivity index (χ2n) is 9.21. The number of carbonyl (C=O) groups is 2. The van der Waals surface area contributed by atoms with Gasteiger partial charge in [0.1, 0.15) is 0 Å². The topological polar surface area (TPSA) is 90.5 Å². The number of halogens is 3. The van der Waals surface area contributed by atoms with Gasteiger partial charge in [0.2, 0.25) is 5.91 Å². The fourth-order valence-corrected chi connectivity index (χ4v) is 4.11. The molecule has 0 radical (unpaired) electrons. The van der Waals surface area contributed by atoms with Crippen LogP contribution in [0.5, 0.6) is 0 Å². The molecule has 2 unspecified atom stereocenters. The molecule has 202 valence electrons. The summed E-state index contributed by atoms with van der Waals surface area (Å²) in [5, 5.41) is 19.2. The zero-order valence-corrected chi connectivity index (χ0v) is 21.3. The van der Waals surface area contributed by atoms with Gasteiger partial charge in [0.15, 0.2) is 0 Å². The van der Waals surface area contributed by atoms with Gasteiger partial charge in [-0.05, 0) is 48.7 Å². The first-order valence-corrected chi connectivity index (χ1v) is 12.3. The van der Waals surface area contributed by atoms with Gasteiger partial charge in [-0.2, -0.15) is 13.2 Å². The average Bonchev–Trinajstić information content (AvgIpc) is 2.89. The van der Waals surface area contributed by atoms with E-state index >= 15 is 0 Å². The van der Waals surface area contributed by atoms with Gasteiger partial charge in [-0.15, -0.1) is 0 Å². The maximum Gasteiger partial charge on any atom is 0.416 e. The largest absolute Gasteiger partial charge is 0.416 e. The Morgan fingerprint density at radius 2 is 1.63 bits per heavy atom. The van der Waals surface area contributed by atoms with Gasteiger partial charge >= 0.3 is 6.18 Å². The van der Waals surface area contributed by atoms with E-state index < -0.39 is 36.2 Å². The zero-order valence-electron chi connectivity index (χ0n) is 21.3. The molecule has 4 N–H and O–H groups in total. The minimum absolute atomic E-state index is 0.0664. The lowest BCUT2D eigenvalue weighted by atomic mass is 9.93. The molecular formula is C29H32F3N3O3. The number of benzene rings is 3. The number of hydrogen-bond acceptors (Lipinski definition) is 4. The highest BCUT2D eigenvalue weighted by Crippen LogP contribution is 2.29. The Kier molecular flexibility index (Phi) is 10.0. The molecule has 0 aromatic heterocycles. The van der Waals surface area contributed by atoms with Crippen molar-refractivity contribution >= 4 is 11.8 Å². The van der Waals surface area contributed by atoms with E-state index in [4.69, 9.17) is 0 Å². The fourth-order valence-electron chi connectivity index (χ4n) is 4.11. The molecule has 0 aliphatic rings. The van der Waals surface area contributed by atoms with Crippen molar-refractivity contribution in [3.05, 3.63) is 106 Å². The van der Waals surface area contributed by atoms with E-state index in [-0.39, 0.29) is 18.0 Å². The van der Waals surface area contributed by atoms with Crippen molar-refractivity contribution in [1.29, 1.82) is 0 Å². The molecule has 0 fully saturated rings. The quantitative estimate of drug-likeness (QED) is 0.302. The lowest BCUT2D eigenvalue weighted by molar-refractivity contribution is -0.137. The number of aliphatic hydroxyl groups is 1. The summed E-state index contributed by atoms with van der Waals surface area (Å²) in [6.07, 6.45) is -5.50. The molecule has 0 spiro atoms. The van der Waals surface area contributed by atoms with Crippen molar-refractivity contribution in [3.8, 4) is 0 Å². The highest BCUT2D eigenvalue weighted by Gasteiger charge is 2.31. The summed E-state index contributed by atoms with van der Waals surface area (Å²) in [6, 6.07) is 19.6. The third-order valence-electron chi connectivity index (χ3n) is 6.24. The van der Waals surface area contributed by atoms with Crippen LogP contribution >= 0.6 is 0 Å². The average molecular weight is 528 g/mol. The Hall–Kier alpha value is -3.69. The zero-order chi connectivity index (χ0) is 27.7. The van der Waals surface area contributed by atoms with Crippen LogP contribution in [0.2, 0.25) is 0 Å². The van der Waals surface area contributed by atoms with Crippen molar-refractivity contribution in [2.45, 2.75) is 38.6 Å². The second-order valence-corrected chi connectivity index (χ2v) is 9.21. The van der Waals surface area contributed by atoms with E-state index in [1.807, 2.05) is 37.3 Å². The van der Waals surface area contributed by atoms with Crippen molar-refractivity contribution in [1.82, 2.24) is 16.0 Å². The molecule has 3 aromatic carbocycles. The second kappa shape index (κ2) is 13.2. The van der Waals surface area contributed by atoms with Crippen LogP contribution in [0.25, 0.3) is 0 Å². The third kappa shape index (κ3) is 8.43. The monoisotopic (exact) mass is 527 g/mol.